The van der Waals surface area contributed by atoms with Crippen molar-refractivity contribution in [1.29, 1.82) is 0 Å². The number of fused-ring (bicyclic) bond motifs is 1. The summed E-state index contributed by atoms with van der Waals surface area (Å²) in [6.07, 6.45) is 0. The van der Waals surface area contributed by atoms with Crippen molar-refractivity contribution in [2.24, 2.45) is 0 Å². The molecule has 0 amide bonds. The highest BCUT2D eigenvalue weighted by molar-refractivity contribution is 7.88. The summed E-state index contributed by atoms with van der Waals surface area (Å²) >= 11 is 0. The molecule has 0 bridgehead atoms. The molecule has 0 unspecified atom stereocenters. The fourth-order valence-corrected chi connectivity index (χ4v) is 1.42. The molecule has 73 valence electrons. The lowest BCUT2D eigenvalue weighted by Crippen LogP contribution is -1.98. The summed E-state index contributed by atoms with van der Waals surface area (Å²) < 4.78 is 34.5. The number of nitrogens with zero attached hydrogens (tertiary/aromatic N) is 1. The fourth-order valence-electron chi connectivity index (χ4n) is 1.07. The zero-order valence-corrected chi connectivity index (χ0v) is 7.73. The molecule has 0 aliphatic rings. The summed E-state index contributed by atoms with van der Waals surface area (Å²) in [5.74, 6) is 0.432. The van der Waals surface area contributed by atoms with E-state index in [1.165, 1.54) is 0 Å². The molecule has 1 N–H and O–H groups in total. The van der Waals surface area contributed by atoms with Gasteiger partial charge in [0.15, 0.2) is 11.3 Å². The third-order valence-corrected chi connectivity index (χ3v) is 2.06. The van der Waals surface area contributed by atoms with Crippen LogP contribution in [0.4, 0.5) is 0 Å². The number of hydrogen-bond donors (Lipinski definition) is 1. The van der Waals surface area contributed by atoms with E-state index in [0.29, 0.717) is 16.9 Å². The first-order valence-electron chi connectivity index (χ1n) is 3.72. The van der Waals surface area contributed by atoms with Gasteiger partial charge in [-0.25, -0.2) is 4.98 Å². The largest absolute Gasteiger partial charge is 0.439 e. The van der Waals surface area contributed by atoms with Crippen molar-refractivity contribution in [3.8, 4) is 0 Å². The van der Waals surface area contributed by atoms with E-state index >= 15 is 0 Å². The van der Waals surface area contributed by atoms with E-state index in [4.69, 9.17) is 8.97 Å². The van der Waals surface area contributed by atoms with Gasteiger partial charge in [-0.2, -0.15) is 8.42 Å². The van der Waals surface area contributed by atoms with E-state index in [1.54, 1.807) is 24.3 Å². The molecule has 1 aromatic heterocycles. The summed E-state index contributed by atoms with van der Waals surface area (Å²) in [7, 11) is -4.21. The van der Waals surface area contributed by atoms with Gasteiger partial charge in [0.2, 0.25) is 5.89 Å². The SMILES string of the molecule is O=S(=O)(O)[CH]c1nc2ccccc2o1. The summed E-state index contributed by atoms with van der Waals surface area (Å²) in [5.41, 5.74) is 1.02. The van der Waals surface area contributed by atoms with Crippen LogP contribution in [0.2, 0.25) is 0 Å². The second-order valence-corrected chi connectivity index (χ2v) is 3.92. The second kappa shape index (κ2) is 3.07. The maximum atomic E-state index is 10.5. The molecule has 0 saturated carbocycles. The van der Waals surface area contributed by atoms with Crippen LogP contribution in [-0.4, -0.2) is 18.0 Å². The van der Waals surface area contributed by atoms with Gasteiger partial charge in [-0.05, 0) is 12.1 Å². The molecule has 0 aliphatic heterocycles. The number of oxazole rings is 1. The van der Waals surface area contributed by atoms with Crippen LogP contribution >= 0.6 is 0 Å². The molecule has 6 heteroatoms. The van der Waals surface area contributed by atoms with Gasteiger partial charge in [-0.15, -0.1) is 0 Å². The van der Waals surface area contributed by atoms with Crippen LogP contribution in [0.1, 0.15) is 5.89 Å². The smallest absolute Gasteiger partial charge is 0.278 e. The lowest BCUT2D eigenvalue weighted by Gasteiger charge is -1.87. The molecular formula is C8H6NO4S. The molecule has 1 radical (unpaired) electrons. The molecule has 2 rings (SSSR count). The Bertz CT molecular complexity index is 524. The lowest BCUT2D eigenvalue weighted by molar-refractivity contribution is 0.485. The number of benzene rings is 1. The summed E-state index contributed by atoms with van der Waals surface area (Å²) in [4.78, 5) is 3.84. The van der Waals surface area contributed by atoms with Crippen LogP contribution in [0, 0.1) is 5.75 Å². The highest BCUT2D eigenvalue weighted by atomic mass is 32.2. The summed E-state index contributed by atoms with van der Waals surface area (Å²) in [5, 5.41) is 0. The van der Waals surface area contributed by atoms with Crippen molar-refractivity contribution in [1.82, 2.24) is 4.98 Å². The molecule has 14 heavy (non-hydrogen) atoms. The Labute approximate surface area is 80.1 Å². The maximum Gasteiger partial charge on any atom is 0.278 e. The van der Waals surface area contributed by atoms with Gasteiger partial charge in [0.1, 0.15) is 5.52 Å². The van der Waals surface area contributed by atoms with E-state index in [1.807, 2.05) is 0 Å². The molecule has 5 nitrogen and oxygen atoms in total. The number of para-hydroxylation sites is 2. The Hall–Kier alpha value is -1.40. The monoisotopic (exact) mass is 212 g/mol. The minimum atomic E-state index is -4.21. The fraction of sp³-hybridized carbons (Fsp3) is 0. The number of hydrogen-bond acceptors (Lipinski definition) is 4. The molecule has 2 aromatic rings. The highest BCUT2D eigenvalue weighted by Gasteiger charge is 2.13. The van der Waals surface area contributed by atoms with Crippen LogP contribution in [-0.2, 0) is 10.1 Å². The van der Waals surface area contributed by atoms with Crippen molar-refractivity contribution in [2.45, 2.75) is 0 Å². The standard InChI is InChI=1S/C8H6NO4S/c10-14(11,12)5-8-9-6-3-1-2-4-7(6)13-8/h1-5H,(H,10,11,12). The zero-order chi connectivity index (χ0) is 10.2. The average Bonchev–Trinajstić information content (AvgIpc) is 2.42. The first-order valence-corrected chi connectivity index (χ1v) is 5.23. The quantitative estimate of drug-likeness (QED) is 0.757. The highest BCUT2D eigenvalue weighted by Crippen LogP contribution is 2.16. The van der Waals surface area contributed by atoms with E-state index in [2.05, 4.69) is 4.98 Å². The Morgan fingerprint density at radius 1 is 1.36 bits per heavy atom. The predicted octanol–water partition coefficient (Wildman–Crippen LogP) is 1.23. The maximum absolute atomic E-state index is 10.5. The van der Waals surface area contributed by atoms with E-state index < -0.39 is 10.1 Å². The molecule has 0 aliphatic carbocycles. The van der Waals surface area contributed by atoms with Gasteiger partial charge in [0, 0.05) is 0 Å². The molecule has 0 fully saturated rings. The van der Waals surface area contributed by atoms with Crippen LogP contribution in [0.15, 0.2) is 28.7 Å². The van der Waals surface area contributed by atoms with Gasteiger partial charge in [-0.3, -0.25) is 4.55 Å². The van der Waals surface area contributed by atoms with Crippen molar-refractivity contribution in [3.05, 3.63) is 35.9 Å². The topological polar surface area (TPSA) is 80.4 Å². The van der Waals surface area contributed by atoms with Crippen LogP contribution in [0.25, 0.3) is 11.1 Å². The average molecular weight is 212 g/mol. The van der Waals surface area contributed by atoms with Crippen molar-refractivity contribution >= 4 is 21.2 Å². The molecular weight excluding hydrogens is 206 g/mol. The van der Waals surface area contributed by atoms with Crippen molar-refractivity contribution in [3.63, 3.8) is 0 Å². The van der Waals surface area contributed by atoms with Gasteiger partial charge in [0.05, 0.1) is 0 Å². The zero-order valence-electron chi connectivity index (χ0n) is 6.91. The Kier molecular flexibility index (Phi) is 2.01. The van der Waals surface area contributed by atoms with Gasteiger partial charge < -0.3 is 4.42 Å². The first-order chi connectivity index (χ1) is 6.54. The Morgan fingerprint density at radius 3 is 2.71 bits per heavy atom. The summed E-state index contributed by atoms with van der Waals surface area (Å²) in [6.45, 7) is 0. The Balaban J connectivity index is 2.46. The number of aromatic nitrogens is 1. The van der Waals surface area contributed by atoms with Gasteiger partial charge in [-0.1, -0.05) is 12.1 Å². The number of rotatable bonds is 2. The van der Waals surface area contributed by atoms with Crippen molar-refractivity contribution in [2.75, 3.05) is 0 Å². The van der Waals surface area contributed by atoms with E-state index in [-0.39, 0.29) is 5.89 Å². The van der Waals surface area contributed by atoms with Crippen LogP contribution < -0.4 is 0 Å². The van der Waals surface area contributed by atoms with Crippen LogP contribution in [0.3, 0.4) is 0 Å². The van der Waals surface area contributed by atoms with Crippen molar-refractivity contribution < 1.29 is 17.4 Å². The minimum Gasteiger partial charge on any atom is -0.439 e. The molecule has 1 heterocycles. The van der Waals surface area contributed by atoms with E-state index in [9.17, 15) is 8.42 Å². The normalized spacial score (nSPS) is 12.1. The van der Waals surface area contributed by atoms with Gasteiger partial charge >= 0.3 is 0 Å². The molecule has 0 saturated heterocycles. The van der Waals surface area contributed by atoms with Gasteiger partial charge in [0.25, 0.3) is 10.1 Å². The molecule has 0 atom stereocenters. The molecule has 0 spiro atoms. The molecule has 1 aromatic carbocycles. The second-order valence-electron chi connectivity index (χ2n) is 2.65. The first kappa shape index (κ1) is 9.17. The minimum absolute atomic E-state index is 0.131. The lowest BCUT2D eigenvalue weighted by atomic mass is 10.3. The summed E-state index contributed by atoms with van der Waals surface area (Å²) in [6, 6.07) is 6.83. The predicted molar refractivity (Wildman–Crippen MR) is 49.0 cm³/mol. The Morgan fingerprint density at radius 2 is 2.07 bits per heavy atom. The van der Waals surface area contributed by atoms with E-state index in [0.717, 1.165) is 0 Å². The van der Waals surface area contributed by atoms with Crippen LogP contribution in [0.5, 0.6) is 0 Å². The third kappa shape index (κ3) is 1.91. The third-order valence-electron chi connectivity index (χ3n) is 1.56.